The van der Waals surface area contributed by atoms with Crippen molar-refractivity contribution < 1.29 is 19.4 Å². The molecule has 5 nitrogen and oxygen atoms in total. The Hall–Kier alpha value is -3.08. The first kappa shape index (κ1) is 20.2. The zero-order valence-corrected chi connectivity index (χ0v) is 15.9. The Balaban J connectivity index is 2.09. The summed E-state index contributed by atoms with van der Waals surface area (Å²) in [5, 5.41) is 12.1. The second-order valence-corrected chi connectivity index (χ2v) is 7.31. The molecule has 1 atom stereocenters. The number of rotatable bonds is 7. The van der Waals surface area contributed by atoms with Crippen molar-refractivity contribution in [3.63, 3.8) is 0 Å². The quantitative estimate of drug-likeness (QED) is 0.440. The summed E-state index contributed by atoms with van der Waals surface area (Å²) in [5.74, 6) is -0.425. The molecule has 0 unspecified atom stereocenters. The highest BCUT2D eigenvalue weighted by Crippen LogP contribution is 2.22. The number of ether oxygens (including phenoxy) is 1. The van der Waals surface area contributed by atoms with Gasteiger partial charge in [-0.1, -0.05) is 43.0 Å². The number of benzene rings is 2. The van der Waals surface area contributed by atoms with Crippen molar-refractivity contribution in [1.82, 2.24) is 5.32 Å². The van der Waals surface area contributed by atoms with Crippen molar-refractivity contribution >= 4 is 12.4 Å². The maximum absolute atomic E-state index is 12.1. The number of nitrogens with one attached hydrogen (secondary N) is 1. The topological polar surface area (TPSA) is 75.6 Å². The van der Waals surface area contributed by atoms with Gasteiger partial charge in [-0.3, -0.25) is 4.79 Å². The number of aliphatic hydroxyl groups is 1. The zero-order chi connectivity index (χ0) is 20.0. The molecular weight excluding hydrogens is 342 g/mol. The van der Waals surface area contributed by atoms with Crippen LogP contribution in [0.2, 0.25) is 0 Å². The van der Waals surface area contributed by atoms with Crippen LogP contribution in [0.3, 0.4) is 0 Å². The molecule has 1 amide bonds. The summed E-state index contributed by atoms with van der Waals surface area (Å²) in [7, 11) is 0. The Bertz CT molecular complexity index is 802. The lowest BCUT2D eigenvalue weighted by atomic mass is 9.99. The van der Waals surface area contributed by atoms with Crippen LogP contribution in [0.25, 0.3) is 11.1 Å². The van der Waals surface area contributed by atoms with E-state index in [0.717, 1.165) is 16.7 Å². The van der Waals surface area contributed by atoms with Gasteiger partial charge in [0.05, 0.1) is 11.6 Å². The molecule has 0 bridgehead atoms. The summed E-state index contributed by atoms with van der Waals surface area (Å²) >= 11 is 0. The summed E-state index contributed by atoms with van der Waals surface area (Å²) < 4.78 is 5.36. The smallest absolute Gasteiger partial charge is 0.338 e. The predicted octanol–water partition coefficient (Wildman–Crippen LogP) is 4.04. The maximum atomic E-state index is 12.1. The van der Waals surface area contributed by atoms with Crippen molar-refractivity contribution in [2.24, 2.45) is 0 Å². The van der Waals surface area contributed by atoms with E-state index in [1.54, 1.807) is 12.1 Å². The number of hydrogen-bond donors (Lipinski definition) is 2. The van der Waals surface area contributed by atoms with Gasteiger partial charge in [-0.05, 0) is 56.0 Å². The number of esters is 1. The molecule has 0 radical (unpaired) electrons. The molecule has 0 aliphatic rings. The Morgan fingerprint density at radius 3 is 2.07 bits per heavy atom. The molecule has 0 fully saturated rings. The van der Waals surface area contributed by atoms with Crippen molar-refractivity contribution in [3.05, 3.63) is 72.0 Å². The minimum absolute atomic E-state index is 0.0797. The molecule has 0 spiro atoms. The largest absolute Gasteiger partial charge is 0.511 e. The van der Waals surface area contributed by atoms with Gasteiger partial charge in [0, 0.05) is 0 Å². The number of carbonyl (C=O) groups is 2. The van der Waals surface area contributed by atoms with Gasteiger partial charge in [-0.25, -0.2) is 4.79 Å². The molecule has 0 saturated carbocycles. The fourth-order valence-corrected chi connectivity index (χ4v) is 2.56. The minimum Gasteiger partial charge on any atom is -0.511 e. The maximum Gasteiger partial charge on any atom is 0.338 e. The molecular formula is C22H25NO4. The number of amides is 1. The monoisotopic (exact) mass is 367 g/mol. The van der Waals surface area contributed by atoms with Gasteiger partial charge in [0.2, 0.25) is 6.41 Å². The second-order valence-electron chi connectivity index (χ2n) is 7.31. The standard InChI is InChI=1S/C22H25NO4/c1-15(25)20(23-14-24)13-16-5-7-17(8-6-16)18-9-11-19(12-10-18)21(26)27-22(2,3)4/h5-12,14,20,25H,1,13H2,2-4H3,(H,23,24)/t20-/m0/s1. The second kappa shape index (κ2) is 8.54. The average molecular weight is 367 g/mol. The number of hydrogen-bond acceptors (Lipinski definition) is 4. The van der Waals surface area contributed by atoms with E-state index in [1.807, 2.05) is 57.2 Å². The van der Waals surface area contributed by atoms with E-state index in [0.29, 0.717) is 18.4 Å². The molecule has 0 saturated heterocycles. The van der Waals surface area contributed by atoms with Gasteiger partial charge < -0.3 is 15.2 Å². The first-order valence-electron chi connectivity index (χ1n) is 8.70. The van der Waals surface area contributed by atoms with E-state index in [-0.39, 0.29) is 11.7 Å². The van der Waals surface area contributed by atoms with Crippen molar-refractivity contribution in [2.45, 2.75) is 38.8 Å². The number of carbonyl (C=O) groups excluding carboxylic acids is 2. The molecule has 2 aromatic carbocycles. The van der Waals surface area contributed by atoms with Gasteiger partial charge in [-0.15, -0.1) is 0 Å². The van der Waals surface area contributed by atoms with Crippen LogP contribution in [-0.4, -0.2) is 29.1 Å². The summed E-state index contributed by atoms with van der Waals surface area (Å²) in [6.07, 6.45) is 0.999. The van der Waals surface area contributed by atoms with Gasteiger partial charge in [0.25, 0.3) is 0 Å². The van der Waals surface area contributed by atoms with Crippen LogP contribution in [0.5, 0.6) is 0 Å². The third-order valence-corrected chi connectivity index (χ3v) is 3.92. The molecule has 2 N–H and O–H groups in total. The van der Waals surface area contributed by atoms with Crippen molar-refractivity contribution in [2.75, 3.05) is 0 Å². The lowest BCUT2D eigenvalue weighted by Crippen LogP contribution is -2.31. The van der Waals surface area contributed by atoms with Crippen LogP contribution in [0.4, 0.5) is 0 Å². The Kier molecular flexibility index (Phi) is 6.40. The Morgan fingerprint density at radius 2 is 1.63 bits per heavy atom. The lowest BCUT2D eigenvalue weighted by Gasteiger charge is -2.19. The average Bonchev–Trinajstić information content (AvgIpc) is 2.60. The van der Waals surface area contributed by atoms with Crippen molar-refractivity contribution in [3.8, 4) is 11.1 Å². The predicted molar refractivity (Wildman–Crippen MR) is 106 cm³/mol. The summed E-state index contributed by atoms with van der Waals surface area (Å²) in [6, 6.07) is 14.5. The third kappa shape index (κ3) is 5.99. The third-order valence-electron chi connectivity index (χ3n) is 3.92. The lowest BCUT2D eigenvalue weighted by molar-refractivity contribution is -0.110. The highest BCUT2D eigenvalue weighted by Gasteiger charge is 2.17. The van der Waals surface area contributed by atoms with Crippen LogP contribution in [-0.2, 0) is 16.0 Å². The van der Waals surface area contributed by atoms with Crippen LogP contribution in [0, 0.1) is 0 Å². The van der Waals surface area contributed by atoms with E-state index < -0.39 is 11.6 Å². The van der Waals surface area contributed by atoms with Gasteiger partial charge in [-0.2, -0.15) is 0 Å². The molecule has 2 rings (SSSR count). The molecule has 0 aliphatic carbocycles. The fraction of sp³-hybridized carbons (Fsp3) is 0.273. The van der Waals surface area contributed by atoms with Gasteiger partial charge in [0.15, 0.2) is 0 Å². The summed E-state index contributed by atoms with van der Waals surface area (Å²) in [6.45, 7) is 8.98. The van der Waals surface area contributed by atoms with E-state index in [2.05, 4.69) is 11.9 Å². The molecule has 2 aromatic rings. The molecule has 0 heterocycles. The molecule has 0 aromatic heterocycles. The first-order valence-corrected chi connectivity index (χ1v) is 8.70. The molecule has 0 aliphatic heterocycles. The van der Waals surface area contributed by atoms with Gasteiger partial charge >= 0.3 is 5.97 Å². The Morgan fingerprint density at radius 1 is 1.11 bits per heavy atom. The molecule has 27 heavy (non-hydrogen) atoms. The number of aliphatic hydroxyl groups excluding tert-OH is 1. The minimum atomic E-state index is -0.526. The SMILES string of the molecule is C=C(O)[C@H](Cc1ccc(-c2ccc(C(=O)OC(C)(C)C)cc2)cc1)NC=O. The van der Waals surface area contributed by atoms with Crippen LogP contribution < -0.4 is 5.32 Å². The van der Waals surface area contributed by atoms with E-state index in [1.165, 1.54) is 0 Å². The normalized spacial score (nSPS) is 12.1. The highest BCUT2D eigenvalue weighted by atomic mass is 16.6. The first-order chi connectivity index (χ1) is 12.7. The Labute approximate surface area is 159 Å². The van der Waals surface area contributed by atoms with E-state index in [9.17, 15) is 14.7 Å². The van der Waals surface area contributed by atoms with Crippen LogP contribution in [0.15, 0.2) is 60.9 Å². The zero-order valence-electron chi connectivity index (χ0n) is 15.9. The van der Waals surface area contributed by atoms with E-state index in [4.69, 9.17) is 4.74 Å². The van der Waals surface area contributed by atoms with E-state index >= 15 is 0 Å². The fourth-order valence-electron chi connectivity index (χ4n) is 2.56. The highest BCUT2D eigenvalue weighted by molar-refractivity contribution is 5.90. The van der Waals surface area contributed by atoms with Crippen LogP contribution in [0.1, 0.15) is 36.7 Å². The molecule has 142 valence electrons. The van der Waals surface area contributed by atoms with Crippen molar-refractivity contribution in [1.29, 1.82) is 0 Å². The van der Waals surface area contributed by atoms with Crippen LogP contribution >= 0.6 is 0 Å². The summed E-state index contributed by atoms with van der Waals surface area (Å²) in [4.78, 5) is 22.7. The summed E-state index contributed by atoms with van der Waals surface area (Å²) in [5.41, 5.74) is 2.91. The molecule has 5 heteroatoms. The van der Waals surface area contributed by atoms with Gasteiger partial charge in [0.1, 0.15) is 11.4 Å².